The summed E-state index contributed by atoms with van der Waals surface area (Å²) >= 11 is 0. The van der Waals surface area contributed by atoms with Gasteiger partial charge in [-0.25, -0.2) is 5.43 Å². The Morgan fingerprint density at radius 2 is 1.81 bits per heavy atom. The Balaban J connectivity index is 0.00000144. The van der Waals surface area contributed by atoms with Crippen LogP contribution in [0.15, 0.2) is 65.5 Å². The van der Waals surface area contributed by atoms with E-state index in [4.69, 9.17) is 5.10 Å². The van der Waals surface area contributed by atoms with E-state index >= 15 is 0 Å². The van der Waals surface area contributed by atoms with Gasteiger partial charge < -0.3 is 6.33 Å². The molecular weight excluding hydrogens is 415 g/mol. The Bertz CT molecular complexity index is 1100. The zero-order valence-corrected chi connectivity index (χ0v) is 21.2. The van der Waals surface area contributed by atoms with Crippen molar-refractivity contribution in [1.29, 1.82) is 0 Å². The van der Waals surface area contributed by atoms with Gasteiger partial charge in [0.05, 0.1) is 0 Å². The minimum Gasteiger partial charge on any atom is -1.00 e. The maximum absolute atomic E-state index is 4.79. The molecule has 2 aromatic carbocycles. The van der Waals surface area contributed by atoms with E-state index in [2.05, 4.69) is 81.2 Å². The number of fused-ring (bicyclic) bond motifs is 1. The van der Waals surface area contributed by atoms with Crippen LogP contribution in [0.3, 0.4) is 0 Å². The van der Waals surface area contributed by atoms with Crippen LogP contribution < -0.4 is 56.8 Å². The molecule has 1 aromatic heterocycles. The van der Waals surface area contributed by atoms with Crippen molar-refractivity contribution in [3.63, 3.8) is 0 Å². The topological polar surface area (TPSA) is 85.3 Å². The Morgan fingerprint density at radius 3 is 2.48 bits per heavy atom. The number of H-pyrrole nitrogens is 1. The van der Waals surface area contributed by atoms with Gasteiger partial charge in [-0.1, -0.05) is 55.5 Å². The van der Waals surface area contributed by atoms with Gasteiger partial charge in [-0.05, 0) is 41.3 Å². The molecule has 0 spiro atoms. The summed E-state index contributed by atoms with van der Waals surface area (Å²) in [4.78, 5) is 2.28. The third kappa shape index (κ3) is 4.39. The summed E-state index contributed by atoms with van der Waals surface area (Å²) in [7, 11) is 0. The zero-order chi connectivity index (χ0) is 20.5. The quantitative estimate of drug-likeness (QED) is 0.536. The second-order valence-corrected chi connectivity index (χ2v) is 7.40. The van der Waals surface area contributed by atoms with Crippen LogP contribution in [0.2, 0.25) is 0 Å². The molecule has 3 heterocycles. The first-order chi connectivity index (χ1) is 14.8. The van der Waals surface area contributed by atoms with Crippen LogP contribution in [0, 0.1) is 0 Å². The van der Waals surface area contributed by atoms with Gasteiger partial charge in [-0.3, -0.25) is 0 Å². The first kappa shape index (κ1) is 22.3. The molecule has 31 heavy (non-hydrogen) atoms. The number of nitrogens with zero attached hydrogens (tertiary/aromatic N) is 6. The van der Waals surface area contributed by atoms with E-state index in [0.29, 0.717) is 11.9 Å². The van der Waals surface area contributed by atoms with E-state index in [0.717, 1.165) is 47.7 Å². The largest absolute Gasteiger partial charge is 1.00 e. The summed E-state index contributed by atoms with van der Waals surface area (Å²) in [6, 6.07) is 17.1. The molecule has 1 atom stereocenters. The maximum Gasteiger partial charge on any atom is 1.00 e. The van der Waals surface area contributed by atoms with E-state index in [-0.39, 0.29) is 52.8 Å². The summed E-state index contributed by atoms with van der Waals surface area (Å²) in [5.41, 5.74) is 7.81. The number of likely N-dealkylation sites (N-methyl/N-ethyl adjacent to an activating group) is 1. The van der Waals surface area contributed by atoms with Crippen LogP contribution in [0.1, 0.15) is 27.3 Å². The van der Waals surface area contributed by atoms with Crippen molar-refractivity contribution in [2.45, 2.75) is 32.7 Å². The molecule has 0 aliphatic carbocycles. The van der Waals surface area contributed by atoms with Crippen molar-refractivity contribution >= 4 is 5.84 Å². The molecule has 0 bridgehead atoms. The Morgan fingerprint density at radius 1 is 1.03 bits per heavy atom. The first-order valence-corrected chi connectivity index (χ1v) is 10.3. The molecule has 9 heteroatoms. The molecule has 154 valence electrons. The number of hydrogen-bond donors (Lipinski definition) is 2. The van der Waals surface area contributed by atoms with Crippen LogP contribution >= 0.6 is 0 Å². The number of hydrazone groups is 1. The SMILES string of the molecule is CCC1C=C2N(N=C(Cc3ccc(-c4ccccc4-c4nn[nH]n4)cc3)N2CC)N1.[H-].[K+]. The standard InChI is InChI=1S/C22H24N8.K.H/c1-3-17-14-21-29(4-2)20(26-30(21)25-17)13-15-9-11-16(12-10-15)18-7-5-6-8-19(18)22-23-27-28-24-22;;/h5-12,14,17,25H,3-4,13H2,1-2H3,(H,23,24,27,28);;/q;+1;-1. The molecule has 2 N–H and O–H groups in total. The van der Waals surface area contributed by atoms with Gasteiger partial charge in [0, 0.05) is 24.6 Å². The average molecular weight is 441 g/mol. The second-order valence-electron chi connectivity index (χ2n) is 7.40. The third-order valence-electron chi connectivity index (χ3n) is 5.56. The van der Waals surface area contributed by atoms with E-state index in [1.807, 2.05) is 23.3 Å². The average Bonchev–Trinajstić information content (AvgIpc) is 3.51. The molecule has 0 radical (unpaired) electrons. The summed E-state index contributed by atoms with van der Waals surface area (Å²) in [6.07, 6.45) is 4.10. The molecule has 0 amide bonds. The van der Waals surface area contributed by atoms with E-state index in [1.54, 1.807) is 0 Å². The van der Waals surface area contributed by atoms with Crippen molar-refractivity contribution < 1.29 is 52.8 Å². The number of hydrogen-bond acceptors (Lipinski definition) is 7. The molecule has 3 aromatic rings. The van der Waals surface area contributed by atoms with E-state index in [1.165, 1.54) is 5.56 Å². The predicted octanol–water partition coefficient (Wildman–Crippen LogP) is 0.282. The Labute approximate surface area is 225 Å². The van der Waals surface area contributed by atoms with Gasteiger partial charge in [0.1, 0.15) is 11.7 Å². The van der Waals surface area contributed by atoms with Gasteiger partial charge in [0.2, 0.25) is 5.82 Å². The maximum atomic E-state index is 4.79. The van der Waals surface area contributed by atoms with Crippen molar-refractivity contribution in [1.82, 2.24) is 36.1 Å². The van der Waals surface area contributed by atoms with Gasteiger partial charge in [-0.2, -0.15) is 10.3 Å². The first-order valence-electron chi connectivity index (χ1n) is 10.3. The molecule has 1 unspecified atom stereocenters. The molecule has 5 rings (SSSR count). The van der Waals surface area contributed by atoms with Crippen LogP contribution in [-0.4, -0.2) is 49.1 Å². The third-order valence-corrected chi connectivity index (χ3v) is 5.56. The fourth-order valence-corrected chi connectivity index (χ4v) is 3.97. The Kier molecular flexibility index (Phi) is 7.00. The molecule has 8 nitrogen and oxygen atoms in total. The minimum atomic E-state index is 0. The van der Waals surface area contributed by atoms with Gasteiger partial charge in [0.15, 0.2) is 0 Å². The van der Waals surface area contributed by atoms with Crippen molar-refractivity contribution in [2.75, 3.05) is 6.54 Å². The smallest absolute Gasteiger partial charge is 1.00 e. The number of rotatable bonds is 6. The fourth-order valence-electron chi connectivity index (χ4n) is 3.97. The molecule has 2 aliphatic rings. The van der Waals surface area contributed by atoms with Crippen LogP contribution in [0.4, 0.5) is 0 Å². The van der Waals surface area contributed by atoms with Gasteiger partial charge >= 0.3 is 51.4 Å². The number of benzene rings is 2. The van der Waals surface area contributed by atoms with Gasteiger partial charge in [0.25, 0.3) is 0 Å². The van der Waals surface area contributed by atoms with Crippen molar-refractivity contribution in [3.05, 3.63) is 66.0 Å². The normalized spacial score (nSPS) is 17.3. The van der Waals surface area contributed by atoms with Crippen LogP contribution in [0.25, 0.3) is 22.5 Å². The van der Waals surface area contributed by atoms with Crippen LogP contribution in [0.5, 0.6) is 0 Å². The van der Waals surface area contributed by atoms with E-state index in [9.17, 15) is 0 Å². The summed E-state index contributed by atoms with van der Waals surface area (Å²) < 4.78 is 0. The second kappa shape index (κ2) is 9.72. The van der Waals surface area contributed by atoms with Gasteiger partial charge in [-0.15, -0.1) is 15.3 Å². The predicted molar refractivity (Wildman–Crippen MR) is 117 cm³/mol. The number of tetrazole rings is 1. The number of aromatic amines is 1. The molecular formula is C22H25KN8. The van der Waals surface area contributed by atoms with Crippen molar-refractivity contribution in [3.8, 4) is 22.5 Å². The molecule has 2 aliphatic heterocycles. The summed E-state index contributed by atoms with van der Waals surface area (Å²) in [6.45, 7) is 5.24. The fraction of sp³-hybridized carbons (Fsp3) is 0.273. The molecule has 0 saturated carbocycles. The van der Waals surface area contributed by atoms with E-state index < -0.39 is 0 Å². The van der Waals surface area contributed by atoms with Crippen LogP contribution in [-0.2, 0) is 6.42 Å². The number of aromatic nitrogens is 4. The van der Waals surface area contributed by atoms with Crippen molar-refractivity contribution in [2.24, 2.45) is 5.10 Å². The summed E-state index contributed by atoms with van der Waals surface area (Å²) in [5, 5.41) is 21.2. The zero-order valence-electron chi connectivity index (χ0n) is 19.1. The minimum absolute atomic E-state index is 0. The molecule has 0 saturated heterocycles. The number of hydrazine groups is 1. The monoisotopic (exact) mass is 440 g/mol. The molecule has 0 fully saturated rings. The number of amidine groups is 1. The Hall–Kier alpha value is -1.88. The summed E-state index contributed by atoms with van der Waals surface area (Å²) in [5.74, 6) is 2.80. The number of nitrogens with one attached hydrogen (secondary N) is 2.